The van der Waals surface area contributed by atoms with Crippen LogP contribution in [0.3, 0.4) is 0 Å². The molecular weight excluding hydrogens is 419 g/mol. The van der Waals surface area contributed by atoms with Crippen molar-refractivity contribution >= 4 is 23.3 Å². The summed E-state index contributed by atoms with van der Waals surface area (Å²) in [4.78, 5) is 12.5. The first kappa shape index (κ1) is 22.8. The number of hydrogen-bond donors (Lipinski definition) is 2. The van der Waals surface area contributed by atoms with E-state index in [9.17, 15) is 9.18 Å². The Morgan fingerprint density at radius 1 is 1.26 bits per heavy atom. The predicted molar refractivity (Wildman–Crippen MR) is 120 cm³/mol. The molecule has 0 spiro atoms. The number of nitrogens with two attached hydrogens (primary N) is 1. The van der Waals surface area contributed by atoms with Gasteiger partial charge in [0, 0.05) is 28.9 Å². The minimum Gasteiger partial charge on any atom is -0.493 e. The Labute approximate surface area is 186 Å². The summed E-state index contributed by atoms with van der Waals surface area (Å²) >= 11 is 6.18. The van der Waals surface area contributed by atoms with Crippen molar-refractivity contribution in [2.24, 2.45) is 11.7 Å². The maximum atomic E-state index is 14.2. The Morgan fingerprint density at radius 3 is 2.71 bits per heavy atom. The molecule has 1 amide bonds. The van der Waals surface area contributed by atoms with Crippen LogP contribution in [0.2, 0.25) is 5.02 Å². The van der Waals surface area contributed by atoms with Crippen molar-refractivity contribution in [2.75, 3.05) is 11.9 Å². The van der Waals surface area contributed by atoms with Crippen LogP contribution in [0, 0.1) is 18.7 Å². The maximum absolute atomic E-state index is 14.2. The quantitative estimate of drug-likeness (QED) is 0.524. The standard InChI is InChI=1S/C23H26ClFN4O2/c1-14(2)13-31-21-7-5-18(24)10-17(21)12-29-15(3)8-22(28-29)27-23(30)19-6-4-16(11-26)9-20(19)25/h4-10,14H,11-13,26H2,1-3H3,(H,27,28,30). The molecule has 2 aromatic carbocycles. The van der Waals surface area contributed by atoms with Crippen LogP contribution in [0.25, 0.3) is 0 Å². The Morgan fingerprint density at radius 2 is 2.03 bits per heavy atom. The lowest BCUT2D eigenvalue weighted by atomic mass is 10.1. The summed E-state index contributed by atoms with van der Waals surface area (Å²) in [5.74, 6) is 0.255. The van der Waals surface area contributed by atoms with Crippen molar-refractivity contribution in [2.45, 2.75) is 33.9 Å². The molecular formula is C23H26ClFN4O2. The molecule has 3 aromatic rings. The third kappa shape index (κ3) is 5.83. The Hall–Kier alpha value is -2.90. The Bertz CT molecular complexity index is 1080. The lowest BCUT2D eigenvalue weighted by Crippen LogP contribution is -2.15. The van der Waals surface area contributed by atoms with Gasteiger partial charge in [0.15, 0.2) is 5.82 Å². The van der Waals surface area contributed by atoms with E-state index in [0.717, 1.165) is 17.0 Å². The number of carbonyl (C=O) groups excluding carboxylic acids is 1. The summed E-state index contributed by atoms with van der Waals surface area (Å²) in [6, 6.07) is 11.5. The Kier molecular flexibility index (Phi) is 7.30. The van der Waals surface area contributed by atoms with Crippen molar-refractivity contribution in [3.63, 3.8) is 0 Å². The van der Waals surface area contributed by atoms with Gasteiger partial charge in [0.1, 0.15) is 11.6 Å². The summed E-state index contributed by atoms with van der Waals surface area (Å²) in [6.07, 6.45) is 0. The minimum absolute atomic E-state index is 0.0661. The molecule has 8 heteroatoms. The number of rotatable bonds is 8. The van der Waals surface area contributed by atoms with Crippen LogP contribution in [0.5, 0.6) is 5.75 Å². The zero-order chi connectivity index (χ0) is 22.5. The van der Waals surface area contributed by atoms with E-state index in [4.69, 9.17) is 22.1 Å². The molecule has 0 aliphatic rings. The van der Waals surface area contributed by atoms with Crippen LogP contribution in [0.15, 0.2) is 42.5 Å². The summed E-state index contributed by atoms with van der Waals surface area (Å²) in [5, 5.41) is 7.69. The van der Waals surface area contributed by atoms with E-state index in [1.807, 2.05) is 19.1 Å². The van der Waals surface area contributed by atoms with Crippen LogP contribution < -0.4 is 15.8 Å². The van der Waals surface area contributed by atoms with E-state index in [1.54, 1.807) is 22.9 Å². The van der Waals surface area contributed by atoms with Gasteiger partial charge in [-0.1, -0.05) is 31.5 Å². The fourth-order valence-corrected chi connectivity index (χ4v) is 3.21. The number of aryl methyl sites for hydroxylation is 1. The molecule has 0 unspecified atom stereocenters. The summed E-state index contributed by atoms with van der Waals surface area (Å²) < 4.78 is 21.8. The molecule has 3 rings (SSSR count). The smallest absolute Gasteiger partial charge is 0.259 e. The highest BCUT2D eigenvalue weighted by atomic mass is 35.5. The summed E-state index contributed by atoms with van der Waals surface area (Å²) in [6.45, 7) is 7.23. The first-order chi connectivity index (χ1) is 14.8. The predicted octanol–water partition coefficient (Wildman–Crippen LogP) is 4.78. The minimum atomic E-state index is -0.623. The van der Waals surface area contributed by atoms with Gasteiger partial charge in [0.2, 0.25) is 0 Å². The van der Waals surface area contributed by atoms with Crippen LogP contribution >= 0.6 is 11.6 Å². The van der Waals surface area contributed by atoms with E-state index < -0.39 is 11.7 Å². The van der Waals surface area contributed by atoms with Gasteiger partial charge in [-0.3, -0.25) is 9.48 Å². The number of anilines is 1. The Balaban J connectivity index is 1.77. The van der Waals surface area contributed by atoms with Gasteiger partial charge in [-0.25, -0.2) is 4.39 Å². The summed E-state index contributed by atoms with van der Waals surface area (Å²) in [7, 11) is 0. The second-order valence-corrected chi connectivity index (χ2v) is 8.19. The molecule has 0 saturated heterocycles. The van der Waals surface area contributed by atoms with Gasteiger partial charge in [0.05, 0.1) is 18.7 Å². The maximum Gasteiger partial charge on any atom is 0.259 e. The van der Waals surface area contributed by atoms with Crippen molar-refractivity contribution in [3.05, 3.63) is 75.7 Å². The zero-order valence-electron chi connectivity index (χ0n) is 17.8. The van der Waals surface area contributed by atoms with E-state index in [2.05, 4.69) is 24.3 Å². The normalized spacial score (nSPS) is 11.1. The van der Waals surface area contributed by atoms with Crippen LogP contribution in [-0.4, -0.2) is 22.3 Å². The van der Waals surface area contributed by atoms with Crippen LogP contribution in [0.4, 0.5) is 10.2 Å². The molecule has 6 nitrogen and oxygen atoms in total. The lowest BCUT2D eigenvalue weighted by Gasteiger charge is -2.14. The monoisotopic (exact) mass is 444 g/mol. The SMILES string of the molecule is Cc1cc(NC(=O)c2ccc(CN)cc2F)nn1Cc1cc(Cl)ccc1OCC(C)C. The molecule has 164 valence electrons. The highest BCUT2D eigenvalue weighted by Gasteiger charge is 2.15. The molecule has 0 aliphatic heterocycles. The number of amides is 1. The number of hydrogen-bond acceptors (Lipinski definition) is 4. The third-order valence-electron chi connectivity index (χ3n) is 4.65. The number of nitrogens with zero attached hydrogens (tertiary/aromatic N) is 2. The second-order valence-electron chi connectivity index (χ2n) is 7.76. The molecule has 0 bridgehead atoms. The van der Waals surface area contributed by atoms with E-state index in [0.29, 0.717) is 35.5 Å². The van der Waals surface area contributed by atoms with Gasteiger partial charge in [-0.2, -0.15) is 5.10 Å². The number of carbonyl (C=O) groups is 1. The van der Waals surface area contributed by atoms with Gasteiger partial charge in [-0.05, 0) is 48.7 Å². The van der Waals surface area contributed by atoms with E-state index >= 15 is 0 Å². The number of nitrogens with one attached hydrogen (secondary N) is 1. The summed E-state index contributed by atoms with van der Waals surface area (Å²) in [5.41, 5.74) is 7.76. The average Bonchev–Trinajstić information content (AvgIpc) is 3.05. The largest absolute Gasteiger partial charge is 0.493 e. The molecule has 0 radical (unpaired) electrons. The van der Waals surface area contributed by atoms with Crippen molar-refractivity contribution in [3.8, 4) is 5.75 Å². The molecule has 3 N–H and O–H groups in total. The molecule has 1 heterocycles. The van der Waals surface area contributed by atoms with Crippen molar-refractivity contribution in [1.82, 2.24) is 9.78 Å². The molecule has 0 fully saturated rings. The molecule has 0 aliphatic carbocycles. The first-order valence-electron chi connectivity index (χ1n) is 10.0. The molecule has 0 atom stereocenters. The molecule has 1 aromatic heterocycles. The van der Waals surface area contributed by atoms with Gasteiger partial charge >= 0.3 is 0 Å². The average molecular weight is 445 g/mol. The van der Waals surface area contributed by atoms with E-state index in [1.165, 1.54) is 12.1 Å². The van der Waals surface area contributed by atoms with E-state index in [-0.39, 0.29) is 12.1 Å². The highest BCUT2D eigenvalue weighted by Crippen LogP contribution is 2.25. The van der Waals surface area contributed by atoms with Crippen LogP contribution in [-0.2, 0) is 13.1 Å². The topological polar surface area (TPSA) is 82.2 Å². The lowest BCUT2D eigenvalue weighted by molar-refractivity contribution is 0.102. The number of ether oxygens (including phenoxy) is 1. The van der Waals surface area contributed by atoms with Crippen molar-refractivity contribution in [1.29, 1.82) is 0 Å². The third-order valence-corrected chi connectivity index (χ3v) is 4.89. The van der Waals surface area contributed by atoms with Gasteiger partial charge < -0.3 is 15.8 Å². The molecule has 31 heavy (non-hydrogen) atoms. The number of halogens is 2. The fraction of sp³-hybridized carbons (Fsp3) is 0.304. The number of aromatic nitrogens is 2. The van der Waals surface area contributed by atoms with Gasteiger partial charge in [-0.15, -0.1) is 0 Å². The number of benzene rings is 2. The fourth-order valence-electron chi connectivity index (χ4n) is 3.01. The highest BCUT2D eigenvalue weighted by molar-refractivity contribution is 6.30. The second kappa shape index (κ2) is 9.94. The first-order valence-corrected chi connectivity index (χ1v) is 10.4. The molecule has 0 saturated carbocycles. The van der Waals surface area contributed by atoms with Gasteiger partial charge in [0.25, 0.3) is 5.91 Å². The zero-order valence-corrected chi connectivity index (χ0v) is 18.5. The van der Waals surface area contributed by atoms with Crippen molar-refractivity contribution < 1.29 is 13.9 Å². The van der Waals surface area contributed by atoms with Crippen LogP contribution in [0.1, 0.15) is 41.0 Å².